The zero-order chi connectivity index (χ0) is 11.5. The molecule has 0 bridgehead atoms. The van der Waals surface area contributed by atoms with Crippen molar-refractivity contribution >= 4 is 11.7 Å². The Morgan fingerprint density at radius 2 is 2.50 bits per heavy atom. The highest BCUT2D eigenvalue weighted by molar-refractivity contribution is 5.86. The SMILES string of the molecule is CC1C(=O)NCCN1c1ncccc1C#N. The first kappa shape index (κ1) is 10.4. The number of amides is 1. The van der Waals surface area contributed by atoms with Crippen molar-refractivity contribution in [3.63, 3.8) is 0 Å². The fraction of sp³-hybridized carbons (Fsp3) is 0.364. The molecule has 1 aromatic heterocycles. The standard InChI is InChI=1S/C11H12N4O/c1-8-11(16)14-5-6-15(8)10-9(7-12)3-2-4-13-10/h2-4,8H,5-6H2,1H3,(H,14,16). The Morgan fingerprint density at radius 1 is 1.69 bits per heavy atom. The van der Waals surface area contributed by atoms with E-state index in [1.165, 1.54) is 0 Å². The number of pyridine rings is 1. The summed E-state index contributed by atoms with van der Waals surface area (Å²) >= 11 is 0. The fourth-order valence-corrected chi connectivity index (χ4v) is 1.78. The van der Waals surface area contributed by atoms with Gasteiger partial charge in [0.25, 0.3) is 0 Å². The molecule has 1 atom stereocenters. The highest BCUT2D eigenvalue weighted by atomic mass is 16.2. The van der Waals surface area contributed by atoms with Crippen LogP contribution < -0.4 is 10.2 Å². The van der Waals surface area contributed by atoms with Gasteiger partial charge < -0.3 is 10.2 Å². The molecule has 1 N–H and O–H groups in total. The molecule has 2 rings (SSSR count). The van der Waals surface area contributed by atoms with Gasteiger partial charge in [0.1, 0.15) is 17.9 Å². The Bertz CT molecular complexity index is 452. The van der Waals surface area contributed by atoms with E-state index in [4.69, 9.17) is 5.26 Å². The Morgan fingerprint density at radius 3 is 3.25 bits per heavy atom. The van der Waals surface area contributed by atoms with E-state index in [2.05, 4.69) is 16.4 Å². The van der Waals surface area contributed by atoms with Crippen LogP contribution in [0.5, 0.6) is 0 Å². The number of hydrogen-bond donors (Lipinski definition) is 1. The van der Waals surface area contributed by atoms with E-state index < -0.39 is 0 Å². The van der Waals surface area contributed by atoms with Crippen molar-refractivity contribution in [2.75, 3.05) is 18.0 Å². The second-order valence-electron chi connectivity index (χ2n) is 3.65. The molecule has 1 aromatic rings. The minimum absolute atomic E-state index is 0.0270. The van der Waals surface area contributed by atoms with Gasteiger partial charge in [0.05, 0.1) is 5.56 Å². The van der Waals surface area contributed by atoms with Crippen LogP contribution in [-0.4, -0.2) is 30.0 Å². The summed E-state index contributed by atoms with van der Waals surface area (Å²) in [5.41, 5.74) is 0.504. The van der Waals surface area contributed by atoms with E-state index >= 15 is 0 Å². The first-order valence-electron chi connectivity index (χ1n) is 5.13. The molecule has 1 amide bonds. The molecule has 0 spiro atoms. The van der Waals surface area contributed by atoms with Crippen LogP contribution in [0, 0.1) is 11.3 Å². The summed E-state index contributed by atoms with van der Waals surface area (Å²) in [6.07, 6.45) is 1.63. The number of carbonyl (C=O) groups is 1. The smallest absolute Gasteiger partial charge is 0.242 e. The number of anilines is 1. The summed E-state index contributed by atoms with van der Waals surface area (Å²) in [7, 11) is 0. The zero-order valence-electron chi connectivity index (χ0n) is 8.97. The van der Waals surface area contributed by atoms with Crippen LogP contribution in [0.1, 0.15) is 12.5 Å². The third-order valence-corrected chi connectivity index (χ3v) is 2.68. The Kier molecular flexibility index (Phi) is 2.73. The van der Waals surface area contributed by atoms with Crippen molar-refractivity contribution < 1.29 is 4.79 Å². The molecule has 0 aliphatic carbocycles. The van der Waals surface area contributed by atoms with Gasteiger partial charge in [-0.1, -0.05) is 0 Å². The van der Waals surface area contributed by atoms with Crippen LogP contribution in [0.25, 0.3) is 0 Å². The van der Waals surface area contributed by atoms with Crippen molar-refractivity contribution in [1.82, 2.24) is 10.3 Å². The number of piperazine rings is 1. The maximum absolute atomic E-state index is 11.5. The number of nitrogens with zero attached hydrogens (tertiary/aromatic N) is 3. The molecule has 5 nitrogen and oxygen atoms in total. The van der Waals surface area contributed by atoms with Crippen LogP contribution >= 0.6 is 0 Å². The van der Waals surface area contributed by atoms with Crippen molar-refractivity contribution in [2.24, 2.45) is 0 Å². The van der Waals surface area contributed by atoms with Crippen LogP contribution in [0.15, 0.2) is 18.3 Å². The molecule has 0 saturated carbocycles. The first-order valence-corrected chi connectivity index (χ1v) is 5.13. The van der Waals surface area contributed by atoms with E-state index in [0.29, 0.717) is 24.5 Å². The first-order chi connectivity index (χ1) is 7.74. The van der Waals surface area contributed by atoms with Gasteiger partial charge in [0.2, 0.25) is 5.91 Å². The van der Waals surface area contributed by atoms with Crippen LogP contribution in [0.4, 0.5) is 5.82 Å². The van der Waals surface area contributed by atoms with Crippen LogP contribution in [-0.2, 0) is 4.79 Å². The third kappa shape index (κ3) is 1.70. The lowest BCUT2D eigenvalue weighted by atomic mass is 10.1. The largest absolute Gasteiger partial charge is 0.353 e. The molecule has 1 saturated heterocycles. The molecule has 2 heterocycles. The number of nitrogens with one attached hydrogen (secondary N) is 1. The molecular formula is C11H12N4O. The highest BCUT2D eigenvalue weighted by Crippen LogP contribution is 2.19. The van der Waals surface area contributed by atoms with E-state index in [0.717, 1.165) is 0 Å². The second kappa shape index (κ2) is 4.19. The number of rotatable bonds is 1. The molecule has 1 fully saturated rings. The fourth-order valence-electron chi connectivity index (χ4n) is 1.78. The predicted octanol–water partition coefficient (Wildman–Crippen LogP) is 0.278. The molecule has 1 aliphatic heterocycles. The minimum atomic E-state index is -0.282. The van der Waals surface area contributed by atoms with Gasteiger partial charge in [-0.3, -0.25) is 4.79 Å². The summed E-state index contributed by atoms with van der Waals surface area (Å²) in [5.74, 6) is 0.563. The Hall–Kier alpha value is -2.09. The maximum atomic E-state index is 11.5. The number of aromatic nitrogens is 1. The Balaban J connectivity index is 2.36. The average Bonchev–Trinajstić information content (AvgIpc) is 2.33. The van der Waals surface area contributed by atoms with Crippen molar-refractivity contribution in [3.05, 3.63) is 23.9 Å². The van der Waals surface area contributed by atoms with Gasteiger partial charge in [-0.15, -0.1) is 0 Å². The van der Waals surface area contributed by atoms with Gasteiger partial charge in [0.15, 0.2) is 0 Å². The van der Waals surface area contributed by atoms with Gasteiger partial charge in [-0.05, 0) is 19.1 Å². The van der Waals surface area contributed by atoms with Crippen molar-refractivity contribution in [1.29, 1.82) is 5.26 Å². The summed E-state index contributed by atoms with van der Waals surface area (Å²) in [6, 6.07) is 5.24. The molecular weight excluding hydrogens is 204 g/mol. The lowest BCUT2D eigenvalue weighted by Gasteiger charge is -2.34. The number of hydrogen-bond acceptors (Lipinski definition) is 4. The van der Waals surface area contributed by atoms with Crippen LogP contribution in [0.3, 0.4) is 0 Å². The Labute approximate surface area is 93.7 Å². The average molecular weight is 216 g/mol. The topological polar surface area (TPSA) is 69.0 Å². The van der Waals surface area contributed by atoms with Gasteiger partial charge in [-0.25, -0.2) is 4.98 Å². The molecule has 0 radical (unpaired) electrons. The van der Waals surface area contributed by atoms with Crippen molar-refractivity contribution in [3.8, 4) is 6.07 Å². The lowest BCUT2D eigenvalue weighted by molar-refractivity contribution is -0.122. The quantitative estimate of drug-likeness (QED) is 0.732. The minimum Gasteiger partial charge on any atom is -0.353 e. The molecule has 0 aromatic carbocycles. The summed E-state index contributed by atoms with van der Waals surface area (Å²) in [6.45, 7) is 3.08. The van der Waals surface area contributed by atoms with E-state index in [1.807, 2.05) is 11.8 Å². The summed E-state index contributed by atoms with van der Waals surface area (Å²) in [5, 5.41) is 11.8. The summed E-state index contributed by atoms with van der Waals surface area (Å²) in [4.78, 5) is 17.6. The van der Waals surface area contributed by atoms with Crippen molar-refractivity contribution in [2.45, 2.75) is 13.0 Å². The molecule has 1 unspecified atom stereocenters. The maximum Gasteiger partial charge on any atom is 0.242 e. The lowest BCUT2D eigenvalue weighted by Crippen LogP contribution is -2.54. The third-order valence-electron chi connectivity index (χ3n) is 2.68. The second-order valence-corrected chi connectivity index (χ2v) is 3.65. The monoisotopic (exact) mass is 216 g/mol. The van der Waals surface area contributed by atoms with E-state index in [1.54, 1.807) is 18.3 Å². The van der Waals surface area contributed by atoms with E-state index in [-0.39, 0.29) is 11.9 Å². The predicted molar refractivity (Wildman–Crippen MR) is 58.8 cm³/mol. The number of carbonyl (C=O) groups excluding carboxylic acids is 1. The van der Waals surface area contributed by atoms with Gasteiger partial charge in [-0.2, -0.15) is 5.26 Å². The molecule has 1 aliphatic rings. The van der Waals surface area contributed by atoms with E-state index in [9.17, 15) is 4.79 Å². The summed E-state index contributed by atoms with van der Waals surface area (Å²) < 4.78 is 0. The van der Waals surface area contributed by atoms with Gasteiger partial charge in [0, 0.05) is 19.3 Å². The zero-order valence-corrected chi connectivity index (χ0v) is 8.97. The van der Waals surface area contributed by atoms with Gasteiger partial charge >= 0.3 is 0 Å². The number of nitriles is 1. The molecule has 16 heavy (non-hydrogen) atoms. The highest BCUT2D eigenvalue weighted by Gasteiger charge is 2.27. The molecule has 5 heteroatoms. The normalized spacial score (nSPS) is 20.1. The van der Waals surface area contributed by atoms with Crippen LogP contribution in [0.2, 0.25) is 0 Å². The molecule has 82 valence electrons.